The molecule has 1 aromatic rings. The zero-order valence-corrected chi connectivity index (χ0v) is 18.1. The number of likely N-dealkylation sites (tertiary alicyclic amines) is 2. The lowest BCUT2D eigenvalue weighted by Crippen LogP contribution is -2.62. The number of hydrogen-bond acceptors (Lipinski definition) is 3. The van der Waals surface area contributed by atoms with Crippen LogP contribution in [0.3, 0.4) is 0 Å². The molecule has 0 saturated carbocycles. The van der Waals surface area contributed by atoms with E-state index in [4.69, 9.17) is 0 Å². The minimum absolute atomic E-state index is 0.0194. The SMILES string of the molecule is Cc1cccc(NC(=O)N2CCC(N3C[C@H]4C[C@H](C3)[C@H]3CCCC(=O)N3C4)CC2)c1. The van der Waals surface area contributed by atoms with E-state index in [9.17, 15) is 9.59 Å². The predicted molar refractivity (Wildman–Crippen MR) is 117 cm³/mol. The second-order valence-electron chi connectivity index (χ2n) is 9.84. The Labute approximate surface area is 179 Å². The summed E-state index contributed by atoms with van der Waals surface area (Å²) in [5.74, 6) is 1.66. The van der Waals surface area contributed by atoms with E-state index < -0.39 is 0 Å². The van der Waals surface area contributed by atoms with Crippen molar-refractivity contribution in [1.29, 1.82) is 0 Å². The van der Waals surface area contributed by atoms with Gasteiger partial charge in [0.2, 0.25) is 5.91 Å². The van der Waals surface area contributed by atoms with E-state index in [1.807, 2.05) is 36.1 Å². The lowest BCUT2D eigenvalue weighted by molar-refractivity contribution is -0.145. The van der Waals surface area contributed by atoms with E-state index in [1.54, 1.807) is 0 Å². The molecule has 4 fully saturated rings. The van der Waals surface area contributed by atoms with Crippen LogP contribution in [0.1, 0.15) is 44.1 Å². The summed E-state index contributed by atoms with van der Waals surface area (Å²) >= 11 is 0. The van der Waals surface area contributed by atoms with Gasteiger partial charge in [-0.25, -0.2) is 4.79 Å². The zero-order valence-electron chi connectivity index (χ0n) is 18.1. The molecule has 0 radical (unpaired) electrons. The molecular weight excluding hydrogens is 376 g/mol. The molecule has 0 spiro atoms. The van der Waals surface area contributed by atoms with Gasteiger partial charge in [0.15, 0.2) is 0 Å². The van der Waals surface area contributed by atoms with Crippen LogP contribution < -0.4 is 5.32 Å². The first-order valence-corrected chi connectivity index (χ1v) is 11.7. The van der Waals surface area contributed by atoms with E-state index in [0.29, 0.717) is 29.8 Å². The van der Waals surface area contributed by atoms with Gasteiger partial charge in [0, 0.05) is 56.9 Å². The summed E-state index contributed by atoms with van der Waals surface area (Å²) in [6.07, 6.45) is 6.40. The maximum Gasteiger partial charge on any atom is 0.321 e. The summed E-state index contributed by atoms with van der Waals surface area (Å²) in [5, 5.41) is 3.05. The van der Waals surface area contributed by atoms with Gasteiger partial charge >= 0.3 is 6.03 Å². The summed E-state index contributed by atoms with van der Waals surface area (Å²) in [4.78, 5) is 31.9. The number of urea groups is 1. The van der Waals surface area contributed by atoms with Gasteiger partial charge < -0.3 is 15.1 Å². The topological polar surface area (TPSA) is 55.9 Å². The second-order valence-corrected chi connectivity index (χ2v) is 9.84. The normalized spacial score (nSPS) is 30.2. The smallest absolute Gasteiger partial charge is 0.321 e. The van der Waals surface area contributed by atoms with Gasteiger partial charge in [-0.1, -0.05) is 12.1 Å². The number of fused-ring (bicyclic) bond motifs is 4. The van der Waals surface area contributed by atoms with Crippen LogP contribution >= 0.6 is 0 Å². The molecule has 0 aliphatic carbocycles. The van der Waals surface area contributed by atoms with E-state index in [-0.39, 0.29) is 6.03 Å². The molecule has 1 N–H and O–H groups in total. The van der Waals surface area contributed by atoms with Gasteiger partial charge in [-0.05, 0) is 68.6 Å². The molecule has 4 aliphatic heterocycles. The fourth-order valence-electron chi connectivity index (χ4n) is 6.31. The number of benzene rings is 1. The van der Waals surface area contributed by atoms with Crippen LogP contribution in [0.25, 0.3) is 0 Å². The standard InChI is InChI=1S/C24H34N4O2/c1-17-4-2-5-20(12-17)25-24(30)26-10-8-21(9-11-26)27-14-18-13-19(16-27)22-6-3-7-23(29)28(22)15-18/h2,4-5,12,18-19,21-22H,3,6-11,13-16H2,1H3,(H,25,30)/t18-,19-,22-/m1/s1. The molecule has 0 aromatic heterocycles. The van der Waals surface area contributed by atoms with Crippen LogP contribution in [0.2, 0.25) is 0 Å². The monoisotopic (exact) mass is 410 g/mol. The molecule has 3 atom stereocenters. The Morgan fingerprint density at radius 3 is 2.73 bits per heavy atom. The van der Waals surface area contributed by atoms with Crippen LogP contribution in [0.4, 0.5) is 10.5 Å². The largest absolute Gasteiger partial charge is 0.339 e. The molecule has 4 heterocycles. The molecule has 162 valence electrons. The van der Waals surface area contributed by atoms with Crippen molar-refractivity contribution in [3.8, 4) is 0 Å². The fourth-order valence-corrected chi connectivity index (χ4v) is 6.31. The van der Waals surface area contributed by atoms with Gasteiger partial charge in [-0.15, -0.1) is 0 Å². The quantitative estimate of drug-likeness (QED) is 0.814. The third-order valence-electron chi connectivity index (χ3n) is 7.75. The van der Waals surface area contributed by atoms with Crippen LogP contribution in [-0.4, -0.2) is 71.4 Å². The number of nitrogens with zero attached hydrogens (tertiary/aromatic N) is 3. The van der Waals surface area contributed by atoms with Gasteiger partial charge in [-0.2, -0.15) is 0 Å². The lowest BCUT2D eigenvalue weighted by Gasteiger charge is -2.54. The van der Waals surface area contributed by atoms with Gasteiger partial charge in [0.05, 0.1) is 0 Å². The Morgan fingerprint density at radius 2 is 1.93 bits per heavy atom. The van der Waals surface area contributed by atoms with Gasteiger partial charge in [0.1, 0.15) is 0 Å². The highest BCUT2D eigenvalue weighted by Gasteiger charge is 2.45. The summed E-state index contributed by atoms with van der Waals surface area (Å²) in [6.45, 7) is 6.90. The number of anilines is 1. The Bertz CT molecular complexity index is 804. The molecule has 6 nitrogen and oxygen atoms in total. The molecule has 2 bridgehead atoms. The fraction of sp³-hybridized carbons (Fsp3) is 0.667. The Kier molecular flexibility index (Phi) is 5.44. The number of carbonyl (C=O) groups excluding carboxylic acids is 2. The molecule has 0 unspecified atom stereocenters. The van der Waals surface area contributed by atoms with Crippen LogP contribution in [0.15, 0.2) is 24.3 Å². The first-order valence-electron chi connectivity index (χ1n) is 11.7. The molecule has 6 heteroatoms. The first-order chi connectivity index (χ1) is 14.6. The molecule has 1 aromatic carbocycles. The van der Waals surface area contributed by atoms with E-state index in [0.717, 1.165) is 69.7 Å². The average Bonchev–Trinajstić information content (AvgIpc) is 2.74. The van der Waals surface area contributed by atoms with E-state index >= 15 is 0 Å². The van der Waals surface area contributed by atoms with Crippen LogP contribution in [-0.2, 0) is 4.79 Å². The number of piperidine rings is 4. The summed E-state index contributed by atoms with van der Waals surface area (Å²) in [7, 11) is 0. The summed E-state index contributed by atoms with van der Waals surface area (Å²) in [5.41, 5.74) is 2.03. The van der Waals surface area contributed by atoms with E-state index in [1.165, 1.54) is 12.8 Å². The van der Waals surface area contributed by atoms with Crippen molar-refractivity contribution >= 4 is 17.6 Å². The maximum absolute atomic E-state index is 12.7. The van der Waals surface area contributed by atoms with E-state index in [2.05, 4.69) is 15.1 Å². The first kappa shape index (κ1) is 19.9. The second kappa shape index (κ2) is 8.22. The molecule has 3 amide bonds. The van der Waals surface area contributed by atoms with Crippen molar-refractivity contribution < 1.29 is 9.59 Å². The maximum atomic E-state index is 12.7. The van der Waals surface area contributed by atoms with Crippen molar-refractivity contribution in [2.24, 2.45) is 11.8 Å². The van der Waals surface area contributed by atoms with Crippen molar-refractivity contribution in [3.05, 3.63) is 29.8 Å². The van der Waals surface area contributed by atoms with Crippen LogP contribution in [0.5, 0.6) is 0 Å². The van der Waals surface area contributed by atoms with Crippen molar-refractivity contribution in [3.63, 3.8) is 0 Å². The number of rotatable bonds is 2. The highest BCUT2D eigenvalue weighted by molar-refractivity contribution is 5.89. The number of nitrogens with one attached hydrogen (secondary N) is 1. The van der Waals surface area contributed by atoms with Crippen LogP contribution in [0, 0.1) is 18.8 Å². The average molecular weight is 411 g/mol. The molecule has 30 heavy (non-hydrogen) atoms. The number of carbonyl (C=O) groups is 2. The molecule has 5 rings (SSSR count). The third-order valence-corrected chi connectivity index (χ3v) is 7.75. The zero-order chi connectivity index (χ0) is 20.7. The molecule has 4 aliphatic rings. The predicted octanol–water partition coefficient (Wildman–Crippen LogP) is 3.32. The Morgan fingerprint density at radius 1 is 1.10 bits per heavy atom. The highest BCUT2D eigenvalue weighted by Crippen LogP contribution is 2.39. The minimum Gasteiger partial charge on any atom is -0.339 e. The third kappa shape index (κ3) is 3.94. The molecule has 4 saturated heterocycles. The lowest BCUT2D eigenvalue weighted by atomic mass is 9.75. The van der Waals surface area contributed by atoms with Gasteiger partial charge in [-0.3, -0.25) is 9.69 Å². The van der Waals surface area contributed by atoms with Crippen molar-refractivity contribution in [2.75, 3.05) is 38.0 Å². The summed E-state index contributed by atoms with van der Waals surface area (Å²) < 4.78 is 0. The minimum atomic E-state index is 0.0194. The number of aryl methyl sites for hydroxylation is 1. The highest BCUT2D eigenvalue weighted by atomic mass is 16.2. The van der Waals surface area contributed by atoms with Crippen molar-refractivity contribution in [1.82, 2.24) is 14.7 Å². The number of hydrogen-bond donors (Lipinski definition) is 1. The van der Waals surface area contributed by atoms with Gasteiger partial charge in [0.25, 0.3) is 0 Å². The Hall–Kier alpha value is -2.08. The summed E-state index contributed by atoms with van der Waals surface area (Å²) in [6, 6.07) is 9.05. The Balaban J connectivity index is 1.15. The van der Waals surface area contributed by atoms with Crippen molar-refractivity contribution in [2.45, 2.75) is 57.5 Å². The number of amides is 3. The molecular formula is C24H34N4O2.